The fourth-order valence-corrected chi connectivity index (χ4v) is 3.74. The molecule has 0 heterocycles. The van der Waals surface area contributed by atoms with Crippen molar-refractivity contribution in [3.05, 3.63) is 94.6 Å². The first-order valence-corrected chi connectivity index (χ1v) is 9.53. The third-order valence-corrected chi connectivity index (χ3v) is 5.28. The van der Waals surface area contributed by atoms with Crippen molar-refractivity contribution in [3.8, 4) is 0 Å². The molecule has 0 radical (unpaired) electrons. The summed E-state index contributed by atoms with van der Waals surface area (Å²) in [5.74, 6) is -0.919. The van der Waals surface area contributed by atoms with Gasteiger partial charge in [-0.3, -0.25) is 0 Å². The third kappa shape index (κ3) is 5.68. The number of carboxylic acid groups (broad SMARTS) is 1. The normalized spacial score (nSPS) is 22.1. The van der Waals surface area contributed by atoms with E-state index in [4.69, 9.17) is 5.11 Å². The van der Waals surface area contributed by atoms with Gasteiger partial charge in [-0.05, 0) is 56.7 Å². The zero-order valence-corrected chi connectivity index (χ0v) is 16.8. The minimum absolute atomic E-state index is 0.0526. The summed E-state index contributed by atoms with van der Waals surface area (Å²) < 4.78 is 0. The molecule has 142 valence electrons. The van der Waals surface area contributed by atoms with Gasteiger partial charge >= 0.3 is 5.97 Å². The van der Waals surface area contributed by atoms with Crippen LogP contribution < -0.4 is 0 Å². The van der Waals surface area contributed by atoms with E-state index in [0.717, 1.165) is 24.0 Å². The Balaban J connectivity index is 2.23. The van der Waals surface area contributed by atoms with Crippen molar-refractivity contribution in [3.63, 3.8) is 0 Å². The SMILES string of the molecule is CC1=C(/C=C/C(C)=C/C=C/C(C)=C/C(=O)O)[C@](C)(c2ccccc2)CCC1. The molecular formula is C25H30O2. The first-order valence-electron chi connectivity index (χ1n) is 9.53. The smallest absolute Gasteiger partial charge is 0.328 e. The summed E-state index contributed by atoms with van der Waals surface area (Å²) in [5.41, 5.74) is 6.16. The van der Waals surface area contributed by atoms with Crippen LogP contribution in [0.5, 0.6) is 0 Å². The summed E-state index contributed by atoms with van der Waals surface area (Å²) in [5, 5.41) is 8.75. The van der Waals surface area contributed by atoms with Gasteiger partial charge in [0.05, 0.1) is 0 Å². The first-order chi connectivity index (χ1) is 12.8. The minimum Gasteiger partial charge on any atom is -0.478 e. The maximum atomic E-state index is 10.7. The molecule has 2 nitrogen and oxygen atoms in total. The highest BCUT2D eigenvalue weighted by Crippen LogP contribution is 2.43. The predicted molar refractivity (Wildman–Crippen MR) is 114 cm³/mol. The second-order valence-corrected chi connectivity index (χ2v) is 7.58. The Morgan fingerprint density at radius 1 is 1.11 bits per heavy atom. The number of carboxylic acids is 1. The molecule has 1 atom stereocenters. The van der Waals surface area contributed by atoms with Crippen LogP contribution in [0.2, 0.25) is 0 Å². The second-order valence-electron chi connectivity index (χ2n) is 7.58. The molecule has 0 aliphatic heterocycles. The van der Waals surface area contributed by atoms with E-state index in [0.29, 0.717) is 0 Å². The Hall–Kier alpha value is -2.61. The van der Waals surface area contributed by atoms with Gasteiger partial charge in [-0.25, -0.2) is 4.79 Å². The van der Waals surface area contributed by atoms with Crippen molar-refractivity contribution < 1.29 is 9.90 Å². The topological polar surface area (TPSA) is 37.3 Å². The number of hydrogen-bond acceptors (Lipinski definition) is 1. The molecule has 0 aromatic heterocycles. The average Bonchev–Trinajstić information content (AvgIpc) is 2.61. The lowest BCUT2D eigenvalue weighted by molar-refractivity contribution is -0.131. The molecular weight excluding hydrogens is 332 g/mol. The van der Waals surface area contributed by atoms with E-state index in [1.165, 1.54) is 29.2 Å². The molecule has 2 rings (SSSR count). The highest BCUT2D eigenvalue weighted by atomic mass is 16.4. The van der Waals surface area contributed by atoms with Gasteiger partial charge in [0.15, 0.2) is 0 Å². The van der Waals surface area contributed by atoms with Crippen molar-refractivity contribution >= 4 is 5.97 Å². The maximum absolute atomic E-state index is 10.7. The van der Waals surface area contributed by atoms with Crippen molar-refractivity contribution in [1.29, 1.82) is 0 Å². The Morgan fingerprint density at radius 2 is 1.81 bits per heavy atom. The molecule has 0 spiro atoms. The van der Waals surface area contributed by atoms with Gasteiger partial charge in [-0.1, -0.05) is 78.8 Å². The fraction of sp³-hybridized carbons (Fsp3) is 0.320. The Bertz CT molecular complexity index is 819. The number of rotatable bonds is 6. The van der Waals surface area contributed by atoms with Crippen LogP contribution in [0, 0.1) is 0 Å². The zero-order valence-electron chi connectivity index (χ0n) is 16.8. The van der Waals surface area contributed by atoms with E-state index < -0.39 is 5.97 Å². The summed E-state index contributed by atoms with van der Waals surface area (Å²) in [6.45, 7) is 8.45. The van der Waals surface area contributed by atoms with Crippen molar-refractivity contribution in [2.45, 2.75) is 52.4 Å². The zero-order chi connectivity index (χ0) is 19.9. The molecule has 1 aliphatic rings. The second kappa shape index (κ2) is 9.36. The lowest BCUT2D eigenvalue weighted by Crippen LogP contribution is -2.28. The van der Waals surface area contributed by atoms with Crippen LogP contribution in [0.15, 0.2) is 89.1 Å². The Labute approximate surface area is 163 Å². The monoisotopic (exact) mass is 362 g/mol. The molecule has 0 saturated heterocycles. The van der Waals surface area contributed by atoms with E-state index in [2.05, 4.69) is 63.3 Å². The summed E-state index contributed by atoms with van der Waals surface area (Å²) in [4.78, 5) is 10.7. The largest absolute Gasteiger partial charge is 0.478 e. The number of benzene rings is 1. The minimum atomic E-state index is -0.919. The number of allylic oxidation sites excluding steroid dienone is 9. The van der Waals surface area contributed by atoms with Crippen molar-refractivity contribution in [2.75, 3.05) is 0 Å². The molecule has 2 heteroatoms. The highest BCUT2D eigenvalue weighted by Gasteiger charge is 2.33. The molecule has 27 heavy (non-hydrogen) atoms. The van der Waals surface area contributed by atoms with Gasteiger partial charge in [-0.15, -0.1) is 0 Å². The highest BCUT2D eigenvalue weighted by molar-refractivity contribution is 5.81. The average molecular weight is 363 g/mol. The molecule has 1 aliphatic carbocycles. The van der Waals surface area contributed by atoms with Crippen LogP contribution in [0.4, 0.5) is 0 Å². The van der Waals surface area contributed by atoms with Crippen LogP contribution in [0.3, 0.4) is 0 Å². The van der Waals surface area contributed by atoms with Crippen LogP contribution in [0.25, 0.3) is 0 Å². The lowest BCUT2D eigenvalue weighted by atomic mass is 9.67. The molecule has 0 bridgehead atoms. The van der Waals surface area contributed by atoms with Gasteiger partial charge in [0.2, 0.25) is 0 Å². The number of hydrogen-bond donors (Lipinski definition) is 1. The molecule has 0 fully saturated rings. The van der Waals surface area contributed by atoms with Crippen molar-refractivity contribution in [2.24, 2.45) is 0 Å². The summed E-state index contributed by atoms with van der Waals surface area (Å²) >= 11 is 0. The quantitative estimate of drug-likeness (QED) is 0.461. The van der Waals surface area contributed by atoms with E-state index in [1.54, 1.807) is 6.92 Å². The van der Waals surface area contributed by atoms with E-state index in [-0.39, 0.29) is 5.41 Å². The molecule has 1 aromatic carbocycles. The summed E-state index contributed by atoms with van der Waals surface area (Å²) in [7, 11) is 0. The predicted octanol–water partition coefficient (Wildman–Crippen LogP) is 6.53. The van der Waals surface area contributed by atoms with Gasteiger partial charge < -0.3 is 5.11 Å². The van der Waals surface area contributed by atoms with Crippen molar-refractivity contribution in [1.82, 2.24) is 0 Å². The first kappa shape index (κ1) is 20.7. The Kier molecular flexibility index (Phi) is 7.18. The lowest BCUT2D eigenvalue weighted by Gasteiger charge is -2.37. The molecule has 0 unspecified atom stereocenters. The fourth-order valence-electron chi connectivity index (χ4n) is 3.74. The van der Waals surface area contributed by atoms with Gasteiger partial charge in [0.1, 0.15) is 0 Å². The maximum Gasteiger partial charge on any atom is 0.328 e. The van der Waals surface area contributed by atoms with E-state index >= 15 is 0 Å². The Morgan fingerprint density at radius 3 is 2.48 bits per heavy atom. The number of aliphatic carboxylic acids is 1. The molecule has 1 aromatic rings. The molecule has 0 saturated carbocycles. The van der Waals surface area contributed by atoms with Crippen LogP contribution in [0.1, 0.15) is 52.5 Å². The van der Waals surface area contributed by atoms with Crippen LogP contribution >= 0.6 is 0 Å². The van der Waals surface area contributed by atoms with Gasteiger partial charge in [-0.2, -0.15) is 0 Å². The van der Waals surface area contributed by atoms with Gasteiger partial charge in [0.25, 0.3) is 0 Å². The standard InChI is InChI=1S/C25H30O2/c1-19(10-8-11-20(2)18-24(26)27)15-16-23-21(3)12-9-17-25(23,4)22-13-6-5-7-14-22/h5-8,10-11,13-16,18H,9,12,17H2,1-4H3,(H,26,27)/b11-8+,16-15+,19-10+,20-18+/t25-/m0/s1. The van der Waals surface area contributed by atoms with Crippen LogP contribution in [-0.2, 0) is 10.2 Å². The van der Waals surface area contributed by atoms with E-state index in [1.807, 2.05) is 18.2 Å². The summed E-state index contributed by atoms with van der Waals surface area (Å²) in [6, 6.07) is 10.8. The summed E-state index contributed by atoms with van der Waals surface area (Å²) in [6.07, 6.45) is 14.9. The van der Waals surface area contributed by atoms with Gasteiger partial charge in [0, 0.05) is 11.5 Å². The molecule has 0 amide bonds. The molecule has 1 N–H and O–H groups in total. The number of carbonyl (C=O) groups is 1. The van der Waals surface area contributed by atoms with Crippen LogP contribution in [-0.4, -0.2) is 11.1 Å². The van der Waals surface area contributed by atoms with E-state index in [9.17, 15) is 4.79 Å². The third-order valence-electron chi connectivity index (χ3n) is 5.28.